The van der Waals surface area contributed by atoms with Crippen molar-refractivity contribution in [1.82, 2.24) is 14.9 Å². The second-order valence-electron chi connectivity index (χ2n) is 7.22. The van der Waals surface area contributed by atoms with Crippen molar-refractivity contribution in [2.45, 2.75) is 12.6 Å². The fourth-order valence-electron chi connectivity index (χ4n) is 3.39. The highest BCUT2D eigenvalue weighted by atomic mass is 19.1. The van der Waals surface area contributed by atoms with E-state index in [0.29, 0.717) is 12.1 Å². The molecule has 1 unspecified atom stereocenters. The zero-order valence-electron chi connectivity index (χ0n) is 17.2. The van der Waals surface area contributed by atoms with Crippen LogP contribution in [0.1, 0.15) is 11.6 Å². The monoisotopic (exact) mass is 452 g/mol. The number of nitrogens with one attached hydrogen (secondary N) is 1. The second kappa shape index (κ2) is 9.43. The van der Waals surface area contributed by atoms with Crippen molar-refractivity contribution in [3.05, 3.63) is 100 Å². The third-order valence-electron chi connectivity index (χ3n) is 5.00. The SMILES string of the molecule is O=C(COc1ccc([N+](=O)[O-])c(F)c1)NC(Cn1cnc2ccccc21)c1ccc(F)cc1. The topological polar surface area (TPSA) is 99.3 Å². The van der Waals surface area contributed by atoms with Crippen LogP contribution in [-0.2, 0) is 11.3 Å². The molecule has 4 aromatic rings. The molecule has 1 N–H and O–H groups in total. The van der Waals surface area contributed by atoms with Gasteiger partial charge in [-0.2, -0.15) is 4.39 Å². The van der Waals surface area contributed by atoms with Gasteiger partial charge in [-0.05, 0) is 35.9 Å². The summed E-state index contributed by atoms with van der Waals surface area (Å²) in [6.07, 6.45) is 1.66. The van der Waals surface area contributed by atoms with Gasteiger partial charge in [0.2, 0.25) is 5.82 Å². The summed E-state index contributed by atoms with van der Waals surface area (Å²) < 4.78 is 34.4. The molecule has 33 heavy (non-hydrogen) atoms. The number of nitro groups is 1. The number of carbonyl (C=O) groups is 1. The van der Waals surface area contributed by atoms with Crippen molar-refractivity contribution < 1.29 is 23.2 Å². The fraction of sp³-hybridized carbons (Fsp3) is 0.130. The van der Waals surface area contributed by atoms with Gasteiger partial charge in [0.1, 0.15) is 11.6 Å². The van der Waals surface area contributed by atoms with Gasteiger partial charge in [0.15, 0.2) is 6.61 Å². The Labute approximate surface area is 186 Å². The summed E-state index contributed by atoms with van der Waals surface area (Å²) in [5, 5.41) is 13.6. The lowest BCUT2D eigenvalue weighted by atomic mass is 10.1. The van der Waals surface area contributed by atoms with E-state index in [1.165, 1.54) is 18.2 Å². The van der Waals surface area contributed by atoms with Gasteiger partial charge in [0.25, 0.3) is 5.91 Å². The Balaban J connectivity index is 1.49. The summed E-state index contributed by atoms with van der Waals surface area (Å²) in [6.45, 7) is -0.121. The van der Waals surface area contributed by atoms with Crippen molar-refractivity contribution in [3.63, 3.8) is 0 Å². The highest BCUT2D eigenvalue weighted by molar-refractivity contribution is 5.78. The number of nitrogens with zero attached hydrogens (tertiary/aromatic N) is 3. The molecule has 0 saturated heterocycles. The van der Waals surface area contributed by atoms with E-state index >= 15 is 0 Å². The van der Waals surface area contributed by atoms with Crippen molar-refractivity contribution in [2.75, 3.05) is 6.61 Å². The number of amides is 1. The van der Waals surface area contributed by atoms with Gasteiger partial charge < -0.3 is 14.6 Å². The number of hydrogen-bond acceptors (Lipinski definition) is 5. The minimum atomic E-state index is -1.06. The van der Waals surface area contributed by atoms with E-state index in [1.54, 1.807) is 18.5 Å². The lowest BCUT2D eigenvalue weighted by molar-refractivity contribution is -0.387. The van der Waals surface area contributed by atoms with Gasteiger partial charge in [0.05, 0.1) is 28.3 Å². The average molecular weight is 452 g/mol. The maximum Gasteiger partial charge on any atom is 0.305 e. The molecule has 0 aliphatic rings. The normalized spacial score (nSPS) is 11.8. The number of fused-ring (bicyclic) bond motifs is 1. The minimum Gasteiger partial charge on any atom is -0.484 e. The molecule has 1 aromatic heterocycles. The third kappa shape index (κ3) is 5.12. The zero-order valence-corrected chi connectivity index (χ0v) is 17.2. The number of benzene rings is 3. The molecule has 1 amide bonds. The number of imidazole rings is 1. The number of rotatable bonds is 8. The summed E-state index contributed by atoms with van der Waals surface area (Å²) in [7, 11) is 0. The van der Waals surface area contributed by atoms with Crippen molar-refractivity contribution >= 4 is 22.6 Å². The number of nitro benzene ring substituents is 1. The van der Waals surface area contributed by atoms with Gasteiger partial charge in [-0.1, -0.05) is 24.3 Å². The van der Waals surface area contributed by atoms with E-state index in [0.717, 1.165) is 23.2 Å². The number of ether oxygens (including phenoxy) is 1. The maximum absolute atomic E-state index is 13.8. The first kappa shape index (κ1) is 21.9. The quantitative estimate of drug-likeness (QED) is 0.320. The molecule has 8 nitrogen and oxygen atoms in total. The summed E-state index contributed by atoms with van der Waals surface area (Å²) in [4.78, 5) is 26.8. The number of aromatic nitrogens is 2. The molecule has 0 radical (unpaired) electrons. The summed E-state index contributed by atoms with van der Waals surface area (Å²) >= 11 is 0. The molecule has 0 fully saturated rings. The van der Waals surface area contributed by atoms with Crippen LogP contribution in [0, 0.1) is 21.7 Å². The molecule has 4 rings (SSSR count). The lowest BCUT2D eigenvalue weighted by Gasteiger charge is -2.20. The van der Waals surface area contributed by atoms with Crippen LogP contribution >= 0.6 is 0 Å². The zero-order chi connectivity index (χ0) is 23.4. The largest absolute Gasteiger partial charge is 0.484 e. The van der Waals surface area contributed by atoms with Crippen LogP contribution < -0.4 is 10.1 Å². The molecule has 0 spiro atoms. The molecule has 0 aliphatic heterocycles. The Kier molecular flexibility index (Phi) is 6.25. The molecule has 1 heterocycles. The minimum absolute atomic E-state index is 0.0211. The molecular formula is C23H18F2N4O4. The van der Waals surface area contributed by atoms with E-state index < -0.39 is 40.8 Å². The van der Waals surface area contributed by atoms with E-state index in [2.05, 4.69) is 10.3 Å². The maximum atomic E-state index is 13.8. The smallest absolute Gasteiger partial charge is 0.305 e. The first-order valence-corrected chi connectivity index (χ1v) is 9.92. The Bertz CT molecular complexity index is 1310. The average Bonchev–Trinajstić information content (AvgIpc) is 3.20. The number of para-hydroxylation sites is 2. The molecular weight excluding hydrogens is 434 g/mol. The van der Waals surface area contributed by atoms with Crippen LogP contribution in [0.15, 0.2) is 73.1 Å². The Morgan fingerprint density at radius 1 is 1.12 bits per heavy atom. The Morgan fingerprint density at radius 3 is 2.61 bits per heavy atom. The standard InChI is InChI=1S/C23H18F2N4O4/c24-16-7-5-15(6-8-16)20(12-28-14-26-19-3-1-2-4-22(19)28)27-23(30)13-33-17-9-10-21(29(31)32)18(25)11-17/h1-11,14,20H,12-13H2,(H,27,30). The van der Waals surface area contributed by atoms with E-state index in [-0.39, 0.29) is 5.75 Å². The number of carbonyl (C=O) groups excluding carboxylic acids is 1. The number of hydrogen-bond donors (Lipinski definition) is 1. The fourth-order valence-corrected chi connectivity index (χ4v) is 3.39. The van der Waals surface area contributed by atoms with Crippen LogP contribution in [0.4, 0.5) is 14.5 Å². The van der Waals surface area contributed by atoms with E-state index in [1.807, 2.05) is 28.8 Å². The summed E-state index contributed by atoms with van der Waals surface area (Å²) in [6, 6.07) is 15.8. The van der Waals surface area contributed by atoms with Crippen LogP contribution in [0.5, 0.6) is 5.75 Å². The van der Waals surface area contributed by atoms with E-state index in [9.17, 15) is 23.7 Å². The van der Waals surface area contributed by atoms with Crippen LogP contribution in [-0.4, -0.2) is 27.0 Å². The van der Waals surface area contributed by atoms with Crippen molar-refractivity contribution in [1.29, 1.82) is 0 Å². The third-order valence-corrected chi connectivity index (χ3v) is 5.00. The predicted octanol–water partition coefficient (Wildman–Crippen LogP) is 4.16. The first-order valence-electron chi connectivity index (χ1n) is 9.92. The highest BCUT2D eigenvalue weighted by Gasteiger charge is 2.18. The van der Waals surface area contributed by atoms with Gasteiger partial charge in [-0.15, -0.1) is 0 Å². The summed E-state index contributed by atoms with van der Waals surface area (Å²) in [5.41, 5.74) is 1.65. The molecule has 10 heteroatoms. The number of halogens is 2. The van der Waals surface area contributed by atoms with Crippen molar-refractivity contribution in [2.24, 2.45) is 0 Å². The molecule has 168 valence electrons. The van der Waals surface area contributed by atoms with Gasteiger partial charge in [-0.3, -0.25) is 14.9 Å². The van der Waals surface area contributed by atoms with Gasteiger partial charge in [-0.25, -0.2) is 9.37 Å². The molecule has 3 aromatic carbocycles. The Hall–Kier alpha value is -4.34. The lowest BCUT2D eigenvalue weighted by Crippen LogP contribution is -2.34. The Morgan fingerprint density at radius 2 is 1.88 bits per heavy atom. The van der Waals surface area contributed by atoms with Crippen LogP contribution in [0.2, 0.25) is 0 Å². The van der Waals surface area contributed by atoms with Crippen LogP contribution in [0.25, 0.3) is 11.0 Å². The second-order valence-corrected chi connectivity index (χ2v) is 7.22. The van der Waals surface area contributed by atoms with Gasteiger partial charge >= 0.3 is 5.69 Å². The van der Waals surface area contributed by atoms with Crippen LogP contribution in [0.3, 0.4) is 0 Å². The molecule has 0 bridgehead atoms. The summed E-state index contributed by atoms with van der Waals surface area (Å²) in [5.74, 6) is -1.99. The van der Waals surface area contributed by atoms with Gasteiger partial charge in [0, 0.05) is 18.7 Å². The first-order chi connectivity index (χ1) is 15.9. The molecule has 1 atom stereocenters. The van der Waals surface area contributed by atoms with Crippen molar-refractivity contribution in [3.8, 4) is 5.75 Å². The van der Waals surface area contributed by atoms with E-state index in [4.69, 9.17) is 4.74 Å². The highest BCUT2D eigenvalue weighted by Crippen LogP contribution is 2.23. The molecule has 0 aliphatic carbocycles. The predicted molar refractivity (Wildman–Crippen MR) is 116 cm³/mol. The molecule has 0 saturated carbocycles.